The monoisotopic (exact) mass is 237 g/mol. The van der Waals surface area contributed by atoms with Crippen LogP contribution in [0.25, 0.3) is 33.0 Å². The van der Waals surface area contributed by atoms with E-state index in [-0.39, 0.29) is 5.82 Å². The third-order valence-corrected chi connectivity index (χ3v) is 3.13. The molecule has 0 aliphatic rings. The normalized spacial score (nSPS) is 11.6. The molecular formula is C15H8FNO. The van der Waals surface area contributed by atoms with E-state index < -0.39 is 0 Å². The number of halogens is 1. The van der Waals surface area contributed by atoms with Gasteiger partial charge in [-0.15, -0.1) is 0 Å². The Labute approximate surface area is 102 Å². The predicted octanol–water partition coefficient (Wildman–Crippen LogP) is 4.27. The van der Waals surface area contributed by atoms with E-state index in [2.05, 4.69) is 4.98 Å². The molecule has 4 aromatic rings. The third kappa shape index (κ3) is 1.24. The number of nitrogens with zero attached hydrogens (tertiary/aromatic N) is 1. The van der Waals surface area contributed by atoms with Gasteiger partial charge in [-0.05, 0) is 24.3 Å². The third-order valence-electron chi connectivity index (χ3n) is 3.13. The second-order valence-electron chi connectivity index (χ2n) is 4.28. The molecule has 2 aromatic heterocycles. The number of aromatic nitrogens is 1. The SMILES string of the molecule is Fc1ccc2cc3c(nc2c1)oc1ccccc13. The van der Waals surface area contributed by atoms with Crippen LogP contribution in [0.3, 0.4) is 0 Å². The summed E-state index contributed by atoms with van der Waals surface area (Å²) < 4.78 is 18.8. The summed E-state index contributed by atoms with van der Waals surface area (Å²) in [6.07, 6.45) is 0. The average Bonchev–Trinajstić information content (AvgIpc) is 2.73. The smallest absolute Gasteiger partial charge is 0.227 e. The minimum atomic E-state index is -0.287. The van der Waals surface area contributed by atoms with Crippen molar-refractivity contribution >= 4 is 33.0 Å². The molecule has 0 spiro atoms. The molecule has 2 nitrogen and oxygen atoms in total. The fourth-order valence-electron chi connectivity index (χ4n) is 2.28. The van der Waals surface area contributed by atoms with Gasteiger partial charge in [-0.1, -0.05) is 18.2 Å². The van der Waals surface area contributed by atoms with Gasteiger partial charge in [-0.25, -0.2) is 9.37 Å². The van der Waals surface area contributed by atoms with Crippen molar-refractivity contribution in [2.75, 3.05) is 0 Å². The number of hydrogen-bond acceptors (Lipinski definition) is 2. The van der Waals surface area contributed by atoms with Gasteiger partial charge in [-0.3, -0.25) is 0 Å². The van der Waals surface area contributed by atoms with E-state index in [1.54, 1.807) is 6.07 Å². The Morgan fingerprint density at radius 3 is 2.78 bits per heavy atom. The quantitative estimate of drug-likeness (QED) is 0.456. The molecule has 18 heavy (non-hydrogen) atoms. The number of furan rings is 1. The largest absolute Gasteiger partial charge is 0.438 e. The van der Waals surface area contributed by atoms with Crippen molar-refractivity contribution in [1.82, 2.24) is 4.98 Å². The van der Waals surface area contributed by atoms with E-state index >= 15 is 0 Å². The molecule has 0 N–H and O–H groups in total. The molecule has 86 valence electrons. The first-order valence-electron chi connectivity index (χ1n) is 5.69. The Balaban J connectivity index is 2.23. The lowest BCUT2D eigenvalue weighted by molar-refractivity contribution is 0.629. The number of para-hydroxylation sites is 1. The van der Waals surface area contributed by atoms with Crippen molar-refractivity contribution in [3.05, 3.63) is 54.3 Å². The standard InChI is InChI=1S/C15H8FNO/c16-10-6-5-9-7-12-11-3-1-2-4-14(11)18-15(12)17-13(9)8-10/h1-8H. The first-order chi connectivity index (χ1) is 8.81. The fraction of sp³-hybridized carbons (Fsp3) is 0. The molecule has 0 aliphatic carbocycles. The summed E-state index contributed by atoms with van der Waals surface area (Å²) in [6, 6.07) is 14.4. The number of rotatable bonds is 0. The van der Waals surface area contributed by atoms with E-state index in [9.17, 15) is 4.39 Å². The van der Waals surface area contributed by atoms with Crippen molar-refractivity contribution < 1.29 is 8.81 Å². The van der Waals surface area contributed by atoms with Crippen molar-refractivity contribution in [3.8, 4) is 0 Å². The van der Waals surface area contributed by atoms with Gasteiger partial charge in [0.15, 0.2) is 0 Å². The number of fused-ring (bicyclic) bond motifs is 4. The molecule has 3 heteroatoms. The molecule has 0 saturated heterocycles. The molecule has 2 aromatic carbocycles. The van der Waals surface area contributed by atoms with Crippen LogP contribution < -0.4 is 0 Å². The molecule has 4 rings (SSSR count). The van der Waals surface area contributed by atoms with Crippen LogP contribution >= 0.6 is 0 Å². The zero-order valence-corrected chi connectivity index (χ0v) is 9.35. The fourth-order valence-corrected chi connectivity index (χ4v) is 2.28. The van der Waals surface area contributed by atoms with Crippen LogP contribution in [0.4, 0.5) is 4.39 Å². The Morgan fingerprint density at radius 2 is 1.83 bits per heavy atom. The Bertz CT molecular complexity index is 895. The van der Waals surface area contributed by atoms with Crippen molar-refractivity contribution in [3.63, 3.8) is 0 Å². The maximum atomic E-state index is 13.2. The van der Waals surface area contributed by atoms with Crippen molar-refractivity contribution in [2.24, 2.45) is 0 Å². The minimum Gasteiger partial charge on any atom is -0.438 e. The highest BCUT2D eigenvalue weighted by molar-refractivity contribution is 6.07. The van der Waals surface area contributed by atoms with Gasteiger partial charge in [-0.2, -0.15) is 0 Å². The predicted molar refractivity (Wildman–Crippen MR) is 69.0 cm³/mol. The highest BCUT2D eigenvalue weighted by Gasteiger charge is 2.09. The second kappa shape index (κ2) is 3.29. The van der Waals surface area contributed by atoms with Crippen LogP contribution in [-0.4, -0.2) is 4.98 Å². The first-order valence-corrected chi connectivity index (χ1v) is 5.69. The second-order valence-corrected chi connectivity index (χ2v) is 4.28. The number of hydrogen-bond donors (Lipinski definition) is 0. The number of benzene rings is 2. The van der Waals surface area contributed by atoms with E-state index in [1.165, 1.54) is 12.1 Å². The van der Waals surface area contributed by atoms with Crippen molar-refractivity contribution in [2.45, 2.75) is 0 Å². The molecule has 0 saturated carbocycles. The van der Waals surface area contributed by atoms with Gasteiger partial charge in [0.2, 0.25) is 5.71 Å². The van der Waals surface area contributed by atoms with Gasteiger partial charge in [0, 0.05) is 22.2 Å². The van der Waals surface area contributed by atoms with Gasteiger partial charge in [0.05, 0.1) is 5.52 Å². The summed E-state index contributed by atoms with van der Waals surface area (Å²) in [5.41, 5.74) is 1.96. The van der Waals surface area contributed by atoms with Crippen LogP contribution in [0.1, 0.15) is 0 Å². The summed E-state index contributed by atoms with van der Waals surface area (Å²) in [6.45, 7) is 0. The molecule has 0 atom stereocenters. The Kier molecular flexibility index (Phi) is 1.75. The molecule has 0 unspecified atom stereocenters. The summed E-state index contributed by atoms with van der Waals surface area (Å²) in [5, 5.41) is 2.91. The van der Waals surface area contributed by atoms with Crippen LogP contribution in [-0.2, 0) is 0 Å². The lowest BCUT2D eigenvalue weighted by atomic mass is 10.1. The summed E-state index contributed by atoms with van der Waals surface area (Å²) in [5.74, 6) is -0.287. The molecule has 0 radical (unpaired) electrons. The molecule has 0 fully saturated rings. The highest BCUT2D eigenvalue weighted by atomic mass is 19.1. The van der Waals surface area contributed by atoms with Gasteiger partial charge in [0.25, 0.3) is 0 Å². The van der Waals surface area contributed by atoms with Gasteiger partial charge >= 0.3 is 0 Å². The molecule has 0 amide bonds. The Morgan fingerprint density at radius 1 is 0.944 bits per heavy atom. The maximum absolute atomic E-state index is 13.2. The number of pyridine rings is 1. The van der Waals surface area contributed by atoms with Crippen LogP contribution in [0.5, 0.6) is 0 Å². The molecule has 2 heterocycles. The van der Waals surface area contributed by atoms with E-state index in [0.717, 1.165) is 21.7 Å². The van der Waals surface area contributed by atoms with Crippen LogP contribution in [0, 0.1) is 5.82 Å². The van der Waals surface area contributed by atoms with Gasteiger partial charge < -0.3 is 4.42 Å². The lowest BCUT2D eigenvalue weighted by Crippen LogP contribution is -1.81. The van der Waals surface area contributed by atoms with Crippen molar-refractivity contribution in [1.29, 1.82) is 0 Å². The van der Waals surface area contributed by atoms with Gasteiger partial charge in [0.1, 0.15) is 11.4 Å². The summed E-state index contributed by atoms with van der Waals surface area (Å²) >= 11 is 0. The van der Waals surface area contributed by atoms with E-state index in [0.29, 0.717) is 11.2 Å². The van der Waals surface area contributed by atoms with Crippen LogP contribution in [0.15, 0.2) is 52.9 Å². The first kappa shape index (κ1) is 9.59. The lowest BCUT2D eigenvalue weighted by Gasteiger charge is -1.97. The van der Waals surface area contributed by atoms with E-state index in [4.69, 9.17) is 4.42 Å². The maximum Gasteiger partial charge on any atom is 0.227 e. The Hall–Kier alpha value is -2.42. The average molecular weight is 237 g/mol. The molecule has 0 aliphatic heterocycles. The highest BCUT2D eigenvalue weighted by Crippen LogP contribution is 2.29. The minimum absolute atomic E-state index is 0.287. The summed E-state index contributed by atoms with van der Waals surface area (Å²) in [4.78, 5) is 4.37. The zero-order valence-electron chi connectivity index (χ0n) is 9.35. The summed E-state index contributed by atoms with van der Waals surface area (Å²) in [7, 11) is 0. The van der Waals surface area contributed by atoms with E-state index in [1.807, 2.05) is 30.3 Å². The zero-order chi connectivity index (χ0) is 12.1. The topological polar surface area (TPSA) is 26.0 Å². The van der Waals surface area contributed by atoms with Crippen LogP contribution in [0.2, 0.25) is 0 Å². The molecule has 0 bridgehead atoms. The molecular weight excluding hydrogens is 229 g/mol.